The molecule has 9 nitrogen and oxygen atoms in total. The van der Waals surface area contributed by atoms with Crippen molar-refractivity contribution < 1.29 is 8.42 Å². The monoisotopic (exact) mass is 283 g/mol. The molecule has 0 atom stereocenters. The van der Waals surface area contributed by atoms with Crippen molar-refractivity contribution in [3.63, 3.8) is 0 Å². The molecule has 0 amide bonds. The molecular weight excluding hydrogens is 270 g/mol. The van der Waals surface area contributed by atoms with Gasteiger partial charge in [0.1, 0.15) is 0 Å². The van der Waals surface area contributed by atoms with Gasteiger partial charge in [0.05, 0.1) is 12.2 Å². The Morgan fingerprint density at radius 1 is 1.42 bits per heavy atom. The molecule has 2 aromatic rings. The van der Waals surface area contributed by atoms with Gasteiger partial charge in [-0.1, -0.05) is 5.21 Å². The van der Waals surface area contributed by atoms with Crippen LogP contribution in [0.4, 0.5) is 5.69 Å². The van der Waals surface area contributed by atoms with Crippen molar-refractivity contribution in [2.75, 3.05) is 11.9 Å². The summed E-state index contributed by atoms with van der Waals surface area (Å²) in [5, 5.41) is 15.8. The van der Waals surface area contributed by atoms with Gasteiger partial charge >= 0.3 is 0 Å². The second-order valence-electron chi connectivity index (χ2n) is 3.54. The van der Waals surface area contributed by atoms with Crippen LogP contribution in [0, 0.1) is 0 Å². The highest BCUT2D eigenvalue weighted by Gasteiger charge is 2.20. The third-order valence-corrected chi connectivity index (χ3v) is 3.56. The number of nitrogens with one attached hydrogen (secondary N) is 3. The molecule has 0 radical (unpaired) electrons. The minimum atomic E-state index is -3.73. The zero-order valence-corrected chi connectivity index (χ0v) is 11.0. The van der Waals surface area contributed by atoms with Gasteiger partial charge in [-0.15, -0.1) is 10.2 Å². The van der Waals surface area contributed by atoms with Gasteiger partial charge in [0.2, 0.25) is 0 Å². The highest BCUT2D eigenvalue weighted by molar-refractivity contribution is 7.89. The minimum Gasteiger partial charge on any atom is -0.383 e. The van der Waals surface area contributed by atoms with Crippen LogP contribution in [0.25, 0.3) is 0 Å². The molecular formula is C9H13N7O2S. The molecule has 2 heterocycles. The van der Waals surface area contributed by atoms with E-state index >= 15 is 0 Å². The van der Waals surface area contributed by atoms with E-state index in [0.29, 0.717) is 12.2 Å². The summed E-state index contributed by atoms with van der Waals surface area (Å²) < 4.78 is 26.6. The van der Waals surface area contributed by atoms with Gasteiger partial charge in [-0.05, 0) is 19.1 Å². The zero-order chi connectivity index (χ0) is 13.7. The van der Waals surface area contributed by atoms with Crippen LogP contribution in [0.15, 0.2) is 23.4 Å². The lowest BCUT2D eigenvalue weighted by molar-refractivity contribution is 0.576. The van der Waals surface area contributed by atoms with E-state index in [2.05, 4.69) is 35.6 Å². The van der Waals surface area contributed by atoms with E-state index in [0.717, 1.165) is 0 Å². The van der Waals surface area contributed by atoms with E-state index in [1.807, 2.05) is 6.92 Å². The summed E-state index contributed by atoms with van der Waals surface area (Å²) in [6, 6.07) is 3.32. The number of hydrogen-bond acceptors (Lipinski definition) is 7. The van der Waals surface area contributed by atoms with Gasteiger partial charge in [0, 0.05) is 12.7 Å². The van der Waals surface area contributed by atoms with Gasteiger partial charge in [-0.2, -0.15) is 5.21 Å². The molecule has 0 saturated carbocycles. The number of sulfonamides is 1. The fourth-order valence-electron chi connectivity index (χ4n) is 1.42. The van der Waals surface area contributed by atoms with Gasteiger partial charge < -0.3 is 5.32 Å². The third-order valence-electron chi connectivity index (χ3n) is 2.20. The number of nitrogens with zero attached hydrogens (tertiary/aromatic N) is 4. The second kappa shape index (κ2) is 5.71. The van der Waals surface area contributed by atoms with Crippen molar-refractivity contribution in [2.45, 2.75) is 18.5 Å². The number of anilines is 1. The Labute approximate surface area is 109 Å². The molecule has 0 saturated heterocycles. The van der Waals surface area contributed by atoms with Gasteiger partial charge in [-0.3, -0.25) is 0 Å². The Bertz CT molecular complexity index is 626. The summed E-state index contributed by atoms with van der Waals surface area (Å²) in [5.74, 6) is 0.254. The highest BCUT2D eigenvalue weighted by atomic mass is 32.2. The van der Waals surface area contributed by atoms with E-state index in [4.69, 9.17) is 0 Å². The van der Waals surface area contributed by atoms with Crippen LogP contribution in [-0.4, -0.2) is 40.6 Å². The normalized spacial score (nSPS) is 11.4. The number of H-pyrrole nitrogens is 1. The van der Waals surface area contributed by atoms with Crippen molar-refractivity contribution in [1.29, 1.82) is 0 Å². The summed E-state index contributed by atoms with van der Waals surface area (Å²) in [6.07, 6.45) is 1.42. The average molecular weight is 283 g/mol. The Morgan fingerprint density at radius 3 is 2.95 bits per heavy atom. The van der Waals surface area contributed by atoms with Crippen LogP contribution in [0.1, 0.15) is 12.7 Å². The predicted molar refractivity (Wildman–Crippen MR) is 66.6 cm³/mol. The van der Waals surface area contributed by atoms with Crippen LogP contribution in [0.3, 0.4) is 0 Å². The van der Waals surface area contributed by atoms with E-state index in [-0.39, 0.29) is 17.4 Å². The average Bonchev–Trinajstić information content (AvgIpc) is 2.91. The fraction of sp³-hybridized carbons (Fsp3) is 0.333. The molecule has 0 aliphatic rings. The SMILES string of the molecule is CCNc1cccnc1S(=O)(=O)NCc1nn[nH]n1. The quantitative estimate of drug-likeness (QED) is 0.652. The molecule has 0 unspecified atom stereocenters. The molecule has 0 aliphatic heterocycles. The van der Waals surface area contributed by atoms with E-state index in [9.17, 15) is 8.42 Å². The van der Waals surface area contributed by atoms with E-state index < -0.39 is 10.0 Å². The molecule has 2 aromatic heterocycles. The maximum absolute atomic E-state index is 12.1. The molecule has 3 N–H and O–H groups in total. The number of tetrazole rings is 1. The number of aromatic nitrogens is 5. The summed E-state index contributed by atoms with van der Waals surface area (Å²) in [6.45, 7) is 2.41. The Balaban J connectivity index is 2.19. The topological polar surface area (TPSA) is 126 Å². The van der Waals surface area contributed by atoms with Crippen molar-refractivity contribution in [1.82, 2.24) is 30.3 Å². The largest absolute Gasteiger partial charge is 0.383 e. The first-order valence-electron chi connectivity index (χ1n) is 5.54. The maximum atomic E-state index is 12.1. The first kappa shape index (κ1) is 13.4. The minimum absolute atomic E-state index is 0.0546. The lowest BCUT2D eigenvalue weighted by atomic mass is 10.4. The number of pyridine rings is 1. The molecule has 0 bridgehead atoms. The zero-order valence-electron chi connectivity index (χ0n) is 10.2. The van der Waals surface area contributed by atoms with Crippen LogP contribution in [-0.2, 0) is 16.6 Å². The lowest BCUT2D eigenvalue weighted by Gasteiger charge is -2.10. The molecule has 102 valence electrons. The summed E-state index contributed by atoms with van der Waals surface area (Å²) in [5.41, 5.74) is 0.450. The highest BCUT2D eigenvalue weighted by Crippen LogP contribution is 2.17. The van der Waals surface area contributed by atoms with Crippen molar-refractivity contribution in [3.8, 4) is 0 Å². The van der Waals surface area contributed by atoms with Crippen LogP contribution < -0.4 is 10.0 Å². The van der Waals surface area contributed by atoms with Crippen molar-refractivity contribution >= 4 is 15.7 Å². The van der Waals surface area contributed by atoms with Gasteiger partial charge in [0.15, 0.2) is 10.9 Å². The Kier molecular flexibility index (Phi) is 4.02. The summed E-state index contributed by atoms with van der Waals surface area (Å²) >= 11 is 0. The lowest BCUT2D eigenvalue weighted by Crippen LogP contribution is -2.25. The van der Waals surface area contributed by atoms with Crippen LogP contribution in [0.5, 0.6) is 0 Å². The number of hydrogen-bond donors (Lipinski definition) is 3. The Hall–Kier alpha value is -2.07. The standard InChI is InChI=1S/C9H13N7O2S/c1-2-10-7-4-3-5-11-9(7)19(17,18)12-6-8-13-15-16-14-8/h3-5,10,12H,2,6H2,1H3,(H,13,14,15,16). The number of aromatic amines is 1. The number of rotatable bonds is 6. The summed E-state index contributed by atoms with van der Waals surface area (Å²) in [4.78, 5) is 3.89. The molecule has 0 spiro atoms. The molecule has 0 aliphatic carbocycles. The van der Waals surface area contributed by atoms with Crippen molar-refractivity contribution in [2.24, 2.45) is 0 Å². The third kappa shape index (κ3) is 3.23. The molecule has 19 heavy (non-hydrogen) atoms. The first-order valence-corrected chi connectivity index (χ1v) is 7.02. The predicted octanol–water partition coefficient (Wildman–Crippen LogP) is -0.495. The maximum Gasteiger partial charge on any atom is 0.260 e. The smallest absolute Gasteiger partial charge is 0.260 e. The second-order valence-corrected chi connectivity index (χ2v) is 5.22. The molecule has 0 aromatic carbocycles. The molecule has 0 fully saturated rings. The van der Waals surface area contributed by atoms with Crippen molar-refractivity contribution in [3.05, 3.63) is 24.2 Å². The van der Waals surface area contributed by atoms with Gasteiger partial charge in [0.25, 0.3) is 10.0 Å². The van der Waals surface area contributed by atoms with Crippen LogP contribution >= 0.6 is 0 Å². The fourth-order valence-corrected chi connectivity index (χ4v) is 2.50. The first-order chi connectivity index (χ1) is 9.13. The van der Waals surface area contributed by atoms with Crippen LogP contribution in [0.2, 0.25) is 0 Å². The molecule has 10 heteroatoms. The van der Waals surface area contributed by atoms with E-state index in [1.165, 1.54) is 6.20 Å². The summed E-state index contributed by atoms with van der Waals surface area (Å²) in [7, 11) is -3.73. The van der Waals surface area contributed by atoms with Gasteiger partial charge in [-0.25, -0.2) is 18.1 Å². The molecule has 2 rings (SSSR count). The Morgan fingerprint density at radius 2 is 2.26 bits per heavy atom. The van der Waals surface area contributed by atoms with E-state index in [1.54, 1.807) is 12.1 Å².